The SMILES string of the molecule is Cl.NC1(C(=O)NCCCNC(=O)c2cccc(Br)c2)CC1. The Morgan fingerprint density at radius 1 is 1.24 bits per heavy atom. The van der Waals surface area contributed by atoms with Crippen LogP contribution in [0.3, 0.4) is 0 Å². The van der Waals surface area contributed by atoms with Crippen molar-refractivity contribution in [3.05, 3.63) is 34.3 Å². The molecule has 0 unspecified atom stereocenters. The predicted octanol–water partition coefficient (Wildman–Crippen LogP) is 1.60. The maximum atomic E-state index is 11.8. The van der Waals surface area contributed by atoms with Gasteiger partial charge in [0.05, 0.1) is 5.54 Å². The highest BCUT2D eigenvalue weighted by Crippen LogP contribution is 2.31. The maximum Gasteiger partial charge on any atom is 0.251 e. The molecule has 1 aliphatic rings. The molecule has 1 aromatic rings. The van der Waals surface area contributed by atoms with Crippen molar-refractivity contribution in [3.63, 3.8) is 0 Å². The molecule has 1 fully saturated rings. The Kier molecular flexibility index (Phi) is 6.64. The molecule has 7 heteroatoms. The van der Waals surface area contributed by atoms with Crippen LogP contribution >= 0.6 is 28.3 Å². The zero-order valence-corrected chi connectivity index (χ0v) is 13.9. The minimum absolute atomic E-state index is 0. The van der Waals surface area contributed by atoms with Gasteiger partial charge in [-0.05, 0) is 37.5 Å². The van der Waals surface area contributed by atoms with Gasteiger partial charge < -0.3 is 16.4 Å². The Balaban J connectivity index is 0.00000220. The molecule has 0 heterocycles. The van der Waals surface area contributed by atoms with Gasteiger partial charge in [0.15, 0.2) is 0 Å². The van der Waals surface area contributed by atoms with E-state index in [0.717, 1.165) is 17.3 Å². The number of hydrogen-bond acceptors (Lipinski definition) is 3. The van der Waals surface area contributed by atoms with E-state index in [0.29, 0.717) is 25.1 Å². The van der Waals surface area contributed by atoms with Crippen LogP contribution < -0.4 is 16.4 Å². The maximum absolute atomic E-state index is 11.8. The van der Waals surface area contributed by atoms with E-state index in [1.165, 1.54) is 0 Å². The Labute approximate surface area is 138 Å². The minimum atomic E-state index is -0.625. The van der Waals surface area contributed by atoms with Gasteiger partial charge >= 0.3 is 0 Å². The third-order valence-electron chi connectivity index (χ3n) is 3.25. The molecule has 2 amide bonds. The van der Waals surface area contributed by atoms with E-state index < -0.39 is 5.54 Å². The number of benzene rings is 1. The highest BCUT2D eigenvalue weighted by atomic mass is 79.9. The van der Waals surface area contributed by atoms with Crippen LogP contribution in [-0.2, 0) is 4.79 Å². The van der Waals surface area contributed by atoms with Gasteiger partial charge in [0.25, 0.3) is 5.91 Å². The minimum Gasteiger partial charge on any atom is -0.354 e. The molecular formula is C14H19BrClN3O2. The van der Waals surface area contributed by atoms with Crippen LogP contribution in [0.4, 0.5) is 0 Å². The second-order valence-electron chi connectivity index (χ2n) is 5.03. The van der Waals surface area contributed by atoms with Crippen molar-refractivity contribution in [3.8, 4) is 0 Å². The predicted molar refractivity (Wildman–Crippen MR) is 87.5 cm³/mol. The standard InChI is InChI=1S/C14H18BrN3O2.ClH/c15-11-4-1-3-10(9-11)12(19)17-7-2-8-18-13(20)14(16)5-6-14;/h1,3-4,9H,2,5-8,16H2,(H,17,19)(H,18,20);1H. The van der Waals surface area contributed by atoms with E-state index in [-0.39, 0.29) is 24.2 Å². The Hall–Kier alpha value is -1.11. The first-order valence-electron chi connectivity index (χ1n) is 6.62. The van der Waals surface area contributed by atoms with Crippen LogP contribution in [0, 0.1) is 0 Å². The fraction of sp³-hybridized carbons (Fsp3) is 0.429. The van der Waals surface area contributed by atoms with Crippen LogP contribution in [0.5, 0.6) is 0 Å². The summed E-state index contributed by atoms with van der Waals surface area (Å²) in [4.78, 5) is 23.4. The molecule has 1 aliphatic carbocycles. The van der Waals surface area contributed by atoms with Crippen LogP contribution in [-0.4, -0.2) is 30.4 Å². The van der Waals surface area contributed by atoms with Crippen molar-refractivity contribution in [1.29, 1.82) is 0 Å². The van der Waals surface area contributed by atoms with Crippen molar-refractivity contribution in [2.24, 2.45) is 5.73 Å². The fourth-order valence-electron chi connectivity index (χ4n) is 1.76. The summed E-state index contributed by atoms with van der Waals surface area (Å²) in [5.74, 6) is -0.203. The molecule has 0 saturated heterocycles. The molecule has 0 atom stereocenters. The lowest BCUT2D eigenvalue weighted by Crippen LogP contribution is -2.43. The lowest BCUT2D eigenvalue weighted by atomic mass is 10.2. The molecule has 2 rings (SSSR count). The first-order valence-corrected chi connectivity index (χ1v) is 7.41. The zero-order chi connectivity index (χ0) is 14.6. The van der Waals surface area contributed by atoms with Crippen molar-refractivity contribution in [1.82, 2.24) is 10.6 Å². The van der Waals surface area contributed by atoms with Gasteiger partial charge in [-0.3, -0.25) is 9.59 Å². The Bertz CT molecular complexity index is 521. The lowest BCUT2D eigenvalue weighted by Gasteiger charge is -2.10. The third-order valence-corrected chi connectivity index (χ3v) is 3.75. The molecule has 0 aliphatic heterocycles. The van der Waals surface area contributed by atoms with Gasteiger partial charge in [-0.15, -0.1) is 12.4 Å². The summed E-state index contributed by atoms with van der Waals surface area (Å²) in [6.07, 6.45) is 2.21. The van der Waals surface area contributed by atoms with Crippen molar-refractivity contribution in [2.45, 2.75) is 24.8 Å². The highest BCUT2D eigenvalue weighted by Gasteiger charge is 2.45. The van der Waals surface area contributed by atoms with Gasteiger partial charge in [-0.2, -0.15) is 0 Å². The van der Waals surface area contributed by atoms with Crippen molar-refractivity contribution >= 4 is 40.2 Å². The molecule has 0 aromatic heterocycles. The largest absolute Gasteiger partial charge is 0.354 e. The average Bonchev–Trinajstić information content (AvgIpc) is 3.17. The number of halogens is 2. The van der Waals surface area contributed by atoms with E-state index in [1.807, 2.05) is 12.1 Å². The molecule has 1 saturated carbocycles. The third kappa shape index (κ3) is 5.30. The van der Waals surface area contributed by atoms with Crippen molar-refractivity contribution in [2.75, 3.05) is 13.1 Å². The van der Waals surface area contributed by atoms with Crippen LogP contribution in [0.1, 0.15) is 29.6 Å². The number of carbonyl (C=O) groups excluding carboxylic acids is 2. The van der Waals surface area contributed by atoms with Gasteiger partial charge in [0.2, 0.25) is 5.91 Å². The molecule has 0 spiro atoms. The van der Waals surface area contributed by atoms with Gasteiger partial charge in [0.1, 0.15) is 0 Å². The van der Waals surface area contributed by atoms with E-state index in [4.69, 9.17) is 5.73 Å². The second kappa shape index (κ2) is 7.77. The first kappa shape index (κ1) is 17.9. The summed E-state index contributed by atoms with van der Waals surface area (Å²) >= 11 is 3.32. The fourth-order valence-corrected chi connectivity index (χ4v) is 2.16. The average molecular weight is 377 g/mol. The highest BCUT2D eigenvalue weighted by molar-refractivity contribution is 9.10. The second-order valence-corrected chi connectivity index (χ2v) is 5.95. The summed E-state index contributed by atoms with van der Waals surface area (Å²) in [5, 5.41) is 5.60. The number of nitrogens with one attached hydrogen (secondary N) is 2. The summed E-state index contributed by atoms with van der Waals surface area (Å²) in [6.45, 7) is 1.04. The molecule has 21 heavy (non-hydrogen) atoms. The molecule has 0 bridgehead atoms. The molecule has 1 aromatic carbocycles. The van der Waals surface area contributed by atoms with Gasteiger partial charge in [-0.25, -0.2) is 0 Å². The van der Waals surface area contributed by atoms with Crippen LogP contribution in [0.25, 0.3) is 0 Å². The van der Waals surface area contributed by atoms with E-state index >= 15 is 0 Å². The van der Waals surface area contributed by atoms with Gasteiger partial charge in [-0.1, -0.05) is 22.0 Å². The van der Waals surface area contributed by atoms with E-state index in [1.54, 1.807) is 12.1 Å². The summed E-state index contributed by atoms with van der Waals surface area (Å²) in [5.41, 5.74) is 5.74. The number of hydrogen-bond donors (Lipinski definition) is 3. The quantitative estimate of drug-likeness (QED) is 0.659. The number of amides is 2. The number of carbonyl (C=O) groups is 2. The summed E-state index contributed by atoms with van der Waals surface area (Å²) in [7, 11) is 0. The molecular weight excluding hydrogens is 358 g/mol. The zero-order valence-electron chi connectivity index (χ0n) is 11.5. The Morgan fingerprint density at radius 3 is 2.52 bits per heavy atom. The molecule has 5 nitrogen and oxygen atoms in total. The molecule has 116 valence electrons. The van der Waals surface area contributed by atoms with Crippen molar-refractivity contribution < 1.29 is 9.59 Å². The smallest absolute Gasteiger partial charge is 0.251 e. The lowest BCUT2D eigenvalue weighted by molar-refractivity contribution is -0.123. The van der Waals surface area contributed by atoms with Crippen LogP contribution in [0.2, 0.25) is 0 Å². The number of nitrogens with two attached hydrogens (primary N) is 1. The van der Waals surface area contributed by atoms with Crippen LogP contribution in [0.15, 0.2) is 28.7 Å². The van der Waals surface area contributed by atoms with E-state index in [2.05, 4.69) is 26.6 Å². The molecule has 4 N–H and O–H groups in total. The first-order chi connectivity index (χ1) is 9.51. The topological polar surface area (TPSA) is 84.2 Å². The summed E-state index contributed by atoms with van der Waals surface area (Å²) in [6, 6.07) is 7.21. The normalized spacial score (nSPS) is 14.8. The summed E-state index contributed by atoms with van der Waals surface area (Å²) < 4.78 is 0.870. The van der Waals surface area contributed by atoms with E-state index in [9.17, 15) is 9.59 Å². The number of rotatable bonds is 6. The Morgan fingerprint density at radius 2 is 1.90 bits per heavy atom. The molecule has 0 radical (unpaired) electrons. The monoisotopic (exact) mass is 375 g/mol. The van der Waals surface area contributed by atoms with Gasteiger partial charge in [0, 0.05) is 23.1 Å².